The van der Waals surface area contributed by atoms with Crippen LogP contribution in [0.2, 0.25) is 0 Å². The van der Waals surface area contributed by atoms with E-state index >= 15 is 0 Å². The Kier molecular flexibility index (Phi) is 7.59. The molecule has 2 N–H and O–H groups in total. The first-order chi connectivity index (χ1) is 23.1. The van der Waals surface area contributed by atoms with Gasteiger partial charge in [-0.25, -0.2) is 12.7 Å². The summed E-state index contributed by atoms with van der Waals surface area (Å²) in [7, 11) is -3.67. The number of benzene rings is 1. The highest BCUT2D eigenvalue weighted by Crippen LogP contribution is 2.48. The van der Waals surface area contributed by atoms with Crippen molar-refractivity contribution < 1.29 is 18.0 Å². The molecule has 4 bridgehead atoms. The lowest BCUT2D eigenvalue weighted by molar-refractivity contribution is -0.126. The zero-order valence-electron chi connectivity index (χ0n) is 26.9. The monoisotopic (exact) mass is 672 g/mol. The molecule has 2 saturated heterocycles. The van der Waals surface area contributed by atoms with Crippen LogP contribution in [0.5, 0.6) is 0 Å². The van der Waals surface area contributed by atoms with Crippen molar-refractivity contribution in [3.63, 3.8) is 0 Å². The van der Waals surface area contributed by atoms with Gasteiger partial charge in [-0.2, -0.15) is 0 Å². The van der Waals surface area contributed by atoms with Gasteiger partial charge >= 0.3 is 0 Å². The van der Waals surface area contributed by atoms with Crippen LogP contribution in [0.25, 0.3) is 0 Å². The van der Waals surface area contributed by atoms with E-state index < -0.39 is 15.9 Å². The fourth-order valence-electron chi connectivity index (χ4n) is 9.25. The van der Waals surface area contributed by atoms with Crippen molar-refractivity contribution >= 4 is 33.2 Å². The molecule has 1 aromatic carbocycles. The fourth-order valence-corrected chi connectivity index (χ4v) is 10.7. The molecule has 5 aliphatic rings. The average molecular weight is 673 g/mol. The number of amides is 2. The number of nitrogens with one attached hydrogen (secondary N) is 2. The Morgan fingerprint density at radius 3 is 2.31 bits per heavy atom. The van der Waals surface area contributed by atoms with Crippen LogP contribution in [0.15, 0.2) is 64.2 Å². The highest BCUT2D eigenvalue weighted by molar-refractivity contribution is 7.89. The van der Waals surface area contributed by atoms with Crippen LogP contribution < -0.4 is 26.7 Å². The molecule has 7 heterocycles. The van der Waals surface area contributed by atoms with Crippen molar-refractivity contribution in [1.29, 1.82) is 0 Å². The highest BCUT2D eigenvalue weighted by Gasteiger charge is 2.50. The lowest BCUT2D eigenvalue weighted by Gasteiger charge is -2.54. The lowest BCUT2D eigenvalue weighted by atomic mass is 9.69. The van der Waals surface area contributed by atoms with Crippen LogP contribution in [0.1, 0.15) is 48.6 Å². The number of aromatic nitrogens is 2. The number of nitrogens with zero attached hydrogens (tertiary/aromatic N) is 4. The van der Waals surface area contributed by atoms with Crippen molar-refractivity contribution in [1.82, 2.24) is 18.8 Å². The first-order valence-corrected chi connectivity index (χ1v) is 18.5. The SMILES string of the molecule is CC(=O)Nc1ccc2c(c1)C[C@@H](C(=O)NCCS(=O)(=O)N1C[C@H]3C[C@@H](C1)c1cccc(=O)n1C3)[C@H]1[C@@H]3C[C@H](CN21)Cn1c3cccc1=O. The Morgan fingerprint density at radius 2 is 1.56 bits per heavy atom. The van der Waals surface area contributed by atoms with E-state index in [0.29, 0.717) is 44.8 Å². The van der Waals surface area contributed by atoms with Crippen LogP contribution >= 0.6 is 0 Å². The largest absolute Gasteiger partial charge is 0.366 e. The van der Waals surface area contributed by atoms with Gasteiger partial charge in [0.1, 0.15) is 0 Å². The minimum Gasteiger partial charge on any atom is -0.366 e. The number of carbonyl (C=O) groups excluding carboxylic acids is 2. The predicted octanol–water partition coefficient (Wildman–Crippen LogP) is 1.70. The number of sulfonamides is 1. The summed E-state index contributed by atoms with van der Waals surface area (Å²) in [5, 5.41) is 5.84. The Bertz CT molecular complexity index is 2040. The number of pyridine rings is 2. The smallest absolute Gasteiger partial charge is 0.250 e. The molecule has 5 aliphatic heterocycles. The normalized spacial score (nSPS) is 27.1. The van der Waals surface area contributed by atoms with Gasteiger partial charge in [0.25, 0.3) is 11.1 Å². The molecule has 48 heavy (non-hydrogen) atoms. The Balaban J connectivity index is 1.03. The minimum atomic E-state index is -3.67. The molecule has 0 spiro atoms. The van der Waals surface area contributed by atoms with Crippen LogP contribution in [-0.4, -0.2) is 71.6 Å². The first kappa shape index (κ1) is 31.1. The molecule has 3 aromatic rings. The van der Waals surface area contributed by atoms with E-state index in [-0.39, 0.29) is 64.9 Å². The van der Waals surface area contributed by atoms with Gasteiger partial charge in [0.2, 0.25) is 21.8 Å². The summed E-state index contributed by atoms with van der Waals surface area (Å²) < 4.78 is 32.4. The topological polar surface area (TPSA) is 143 Å². The highest BCUT2D eigenvalue weighted by atomic mass is 32.2. The zero-order chi connectivity index (χ0) is 33.3. The summed E-state index contributed by atoms with van der Waals surface area (Å²) in [5.41, 5.74) is 4.39. The molecular formula is C35H40N6O6S. The maximum Gasteiger partial charge on any atom is 0.250 e. The molecule has 8 rings (SSSR count). The molecule has 2 fully saturated rings. The number of fused-ring (bicyclic) bond motifs is 12. The molecule has 0 saturated carbocycles. The van der Waals surface area contributed by atoms with Crippen LogP contribution in [0, 0.1) is 17.8 Å². The maximum atomic E-state index is 14.1. The third-order valence-corrected chi connectivity index (χ3v) is 12.9. The number of carbonyl (C=O) groups is 2. The average Bonchev–Trinajstić information content (AvgIpc) is 3.05. The van der Waals surface area contributed by atoms with Gasteiger partial charge < -0.3 is 24.7 Å². The van der Waals surface area contributed by atoms with E-state index in [1.807, 2.05) is 34.9 Å². The molecule has 13 heteroatoms. The molecule has 0 aliphatic carbocycles. The van der Waals surface area contributed by atoms with E-state index in [0.717, 1.165) is 35.5 Å². The van der Waals surface area contributed by atoms with Gasteiger partial charge in [0, 0.05) is 99.0 Å². The Labute approximate surface area is 278 Å². The number of rotatable bonds is 6. The summed E-state index contributed by atoms with van der Waals surface area (Å²) >= 11 is 0. The van der Waals surface area contributed by atoms with E-state index in [2.05, 4.69) is 15.5 Å². The van der Waals surface area contributed by atoms with Crippen molar-refractivity contribution in [2.45, 2.75) is 57.2 Å². The first-order valence-electron chi connectivity index (χ1n) is 16.9. The van der Waals surface area contributed by atoms with Crippen molar-refractivity contribution in [2.75, 3.05) is 42.1 Å². The Hall–Kier alpha value is -4.23. The second kappa shape index (κ2) is 11.7. The molecule has 0 unspecified atom stereocenters. The third kappa shape index (κ3) is 5.36. The van der Waals surface area contributed by atoms with Gasteiger partial charge in [-0.3, -0.25) is 19.2 Å². The van der Waals surface area contributed by atoms with Gasteiger partial charge in [-0.1, -0.05) is 12.1 Å². The minimum absolute atomic E-state index is 0.0195. The molecule has 252 valence electrons. The number of hydrogen-bond donors (Lipinski definition) is 2. The van der Waals surface area contributed by atoms with Crippen molar-refractivity contribution in [3.8, 4) is 0 Å². The summed E-state index contributed by atoms with van der Waals surface area (Å²) in [5.74, 6) is -0.874. The lowest BCUT2D eigenvalue weighted by Crippen LogP contribution is -2.60. The van der Waals surface area contributed by atoms with E-state index in [1.165, 1.54) is 6.92 Å². The van der Waals surface area contributed by atoms with E-state index in [4.69, 9.17) is 0 Å². The number of hydrogen-bond acceptors (Lipinski definition) is 7. The number of anilines is 2. The molecule has 12 nitrogen and oxygen atoms in total. The second-order valence-electron chi connectivity index (χ2n) is 14.2. The van der Waals surface area contributed by atoms with Crippen LogP contribution in [0.3, 0.4) is 0 Å². The summed E-state index contributed by atoms with van der Waals surface area (Å²) in [6.45, 7) is 3.96. The predicted molar refractivity (Wildman–Crippen MR) is 181 cm³/mol. The summed E-state index contributed by atoms with van der Waals surface area (Å²) in [4.78, 5) is 53.5. The van der Waals surface area contributed by atoms with E-state index in [9.17, 15) is 27.6 Å². The standard InChI is InChI=1S/C35H40N6O6S/c1-21(42)37-26-8-9-30-24(14-26)15-28(34-27-13-23(19-41(30)34)18-40-31(27)5-3-7-33(40)44)35(45)36-10-11-48(46,47)38-16-22-12-25(20-38)29-4-2-6-32(43)39(29)17-22/h2-9,14,22-23,25,27-28,34H,10-13,15-20H2,1H3,(H,36,45)(H,37,42)/t22-,23+,25+,27-,28-,34-/m1/s1. The quantitative estimate of drug-likeness (QED) is 0.406. The molecule has 6 atom stereocenters. The molecule has 0 radical (unpaired) electrons. The summed E-state index contributed by atoms with van der Waals surface area (Å²) in [6, 6.07) is 16.2. The van der Waals surface area contributed by atoms with Gasteiger partial charge in [-0.05, 0) is 67.0 Å². The second-order valence-corrected chi connectivity index (χ2v) is 16.3. The van der Waals surface area contributed by atoms with Gasteiger partial charge in [0.05, 0.1) is 11.7 Å². The van der Waals surface area contributed by atoms with Gasteiger partial charge in [0.15, 0.2) is 0 Å². The maximum absolute atomic E-state index is 14.1. The fraction of sp³-hybridized carbons (Fsp3) is 0.486. The third-order valence-electron chi connectivity index (χ3n) is 11.1. The zero-order valence-corrected chi connectivity index (χ0v) is 27.7. The number of piperidine rings is 2. The molecular weight excluding hydrogens is 632 g/mol. The van der Waals surface area contributed by atoms with Crippen LogP contribution in [-0.2, 0) is 39.1 Å². The van der Waals surface area contributed by atoms with Crippen molar-refractivity contribution in [2.24, 2.45) is 17.8 Å². The van der Waals surface area contributed by atoms with Crippen molar-refractivity contribution in [3.05, 3.63) is 92.3 Å². The van der Waals surface area contributed by atoms with E-state index in [1.54, 1.807) is 33.1 Å². The van der Waals surface area contributed by atoms with Gasteiger partial charge in [-0.15, -0.1) is 0 Å². The van der Waals surface area contributed by atoms with Crippen LogP contribution in [0.4, 0.5) is 11.4 Å². The molecule has 2 aromatic heterocycles. The molecule has 2 amide bonds. The summed E-state index contributed by atoms with van der Waals surface area (Å²) in [6.07, 6.45) is 2.15. The Morgan fingerprint density at radius 1 is 0.854 bits per heavy atom.